The van der Waals surface area contributed by atoms with Gasteiger partial charge in [-0.15, -0.1) is 0 Å². The molecule has 3 aliphatic carbocycles. The van der Waals surface area contributed by atoms with Crippen LogP contribution in [0, 0.1) is 56.2 Å². The van der Waals surface area contributed by atoms with Crippen LogP contribution in [-0.2, 0) is 0 Å². The highest BCUT2D eigenvalue weighted by molar-refractivity contribution is 8.34. The largest absolute Gasteiger partial charge is 0.192 e. The number of thioether (sulfide) groups is 4. The Morgan fingerprint density at radius 2 is 1.00 bits per heavy atom. The SMILES string of the molecule is N#CC(C#N)=c1ccc(=C(C#N)C#N)c2c1=CC1(C=CC3(C=C1)C=C1SC(=C4SC=CS4)SC1=C3)C=2. The zero-order valence-corrected chi connectivity index (χ0v) is 21.6. The second-order valence-corrected chi connectivity index (χ2v) is 12.9. The second-order valence-electron chi connectivity index (χ2n) is 8.44. The maximum absolute atomic E-state index is 9.49. The lowest BCUT2D eigenvalue weighted by Crippen LogP contribution is -2.47. The Balaban J connectivity index is 1.45. The van der Waals surface area contributed by atoms with E-state index < -0.39 is 5.41 Å². The van der Waals surface area contributed by atoms with E-state index in [2.05, 4.69) is 47.3 Å². The number of benzene rings is 1. The van der Waals surface area contributed by atoms with E-state index in [0.29, 0.717) is 20.9 Å². The van der Waals surface area contributed by atoms with E-state index in [1.165, 1.54) is 18.3 Å². The number of rotatable bonds is 0. The van der Waals surface area contributed by atoms with E-state index in [1.54, 1.807) is 35.7 Å². The predicted octanol–water partition coefficient (Wildman–Crippen LogP) is 4.09. The first kappa shape index (κ1) is 22.9. The molecule has 1 aromatic rings. The summed E-state index contributed by atoms with van der Waals surface area (Å²) < 4.78 is 2.67. The molecule has 4 nitrogen and oxygen atoms in total. The van der Waals surface area contributed by atoms with Gasteiger partial charge in [-0.05, 0) is 21.3 Å². The van der Waals surface area contributed by atoms with Gasteiger partial charge < -0.3 is 0 Å². The third-order valence-corrected chi connectivity index (χ3v) is 11.5. The molecule has 1 fully saturated rings. The minimum absolute atomic E-state index is 0.000974. The van der Waals surface area contributed by atoms with Gasteiger partial charge in [0.15, 0.2) is 0 Å². The summed E-state index contributed by atoms with van der Waals surface area (Å²) in [5, 5.41) is 44.6. The molecule has 168 valence electrons. The van der Waals surface area contributed by atoms with Crippen molar-refractivity contribution in [1.29, 1.82) is 21.0 Å². The fourth-order valence-electron chi connectivity index (χ4n) is 4.69. The zero-order valence-electron chi connectivity index (χ0n) is 18.4. The Morgan fingerprint density at radius 3 is 1.42 bits per heavy atom. The van der Waals surface area contributed by atoms with Crippen LogP contribution >= 0.6 is 47.0 Å². The molecular weight excluding hydrogens is 521 g/mol. The first-order chi connectivity index (χ1) is 17.5. The summed E-state index contributed by atoms with van der Waals surface area (Å²) in [6, 6.07) is 11.2. The summed E-state index contributed by atoms with van der Waals surface area (Å²) in [5.74, 6) is 0. The summed E-state index contributed by atoms with van der Waals surface area (Å²) in [4.78, 5) is 2.55. The molecule has 0 aromatic heterocycles. The second kappa shape index (κ2) is 8.56. The molecule has 0 N–H and O–H groups in total. The highest BCUT2D eigenvalue weighted by Gasteiger charge is 2.38. The Bertz CT molecular complexity index is 1720. The Kier molecular flexibility index (Phi) is 5.45. The van der Waals surface area contributed by atoms with Gasteiger partial charge in [0.25, 0.3) is 0 Å². The van der Waals surface area contributed by atoms with E-state index >= 15 is 0 Å². The molecule has 0 saturated carbocycles. The minimum atomic E-state index is -0.574. The third kappa shape index (κ3) is 3.55. The number of hydrogen-bond acceptors (Lipinski definition) is 8. The highest BCUT2D eigenvalue weighted by Crippen LogP contribution is 2.62. The van der Waals surface area contributed by atoms with Gasteiger partial charge in [0.1, 0.15) is 35.4 Å². The van der Waals surface area contributed by atoms with Gasteiger partial charge in [-0.2, -0.15) is 21.0 Å². The van der Waals surface area contributed by atoms with Crippen molar-refractivity contribution < 1.29 is 0 Å². The maximum atomic E-state index is 9.49. The van der Waals surface area contributed by atoms with Crippen molar-refractivity contribution in [3.05, 3.63) is 98.6 Å². The average molecular weight is 533 g/mol. The van der Waals surface area contributed by atoms with Crippen LogP contribution in [-0.4, -0.2) is 0 Å². The van der Waals surface area contributed by atoms with Crippen LogP contribution < -0.4 is 20.9 Å². The number of nitriles is 4. The highest BCUT2D eigenvalue weighted by atomic mass is 32.2. The molecule has 5 aliphatic rings. The summed E-state index contributed by atoms with van der Waals surface area (Å²) in [5.41, 5.74) is -0.868. The molecule has 2 heterocycles. The first-order valence-corrected chi connectivity index (χ1v) is 14.1. The fourth-order valence-corrected chi connectivity index (χ4v) is 9.58. The molecule has 0 bridgehead atoms. The van der Waals surface area contributed by atoms with Crippen molar-refractivity contribution in [2.45, 2.75) is 0 Å². The zero-order chi connectivity index (χ0) is 24.9. The van der Waals surface area contributed by atoms with Gasteiger partial charge in [0.05, 0.1) is 8.47 Å². The smallest absolute Gasteiger partial charge is 0.137 e. The molecule has 8 heteroatoms. The molecule has 2 aliphatic heterocycles. The van der Waals surface area contributed by atoms with Crippen molar-refractivity contribution in [1.82, 2.24) is 0 Å². The van der Waals surface area contributed by atoms with Gasteiger partial charge in [-0.25, -0.2) is 0 Å². The number of fused-ring (bicyclic) bond motifs is 2. The predicted molar refractivity (Wildman–Crippen MR) is 149 cm³/mol. The van der Waals surface area contributed by atoms with Gasteiger partial charge in [0, 0.05) is 31.1 Å². The maximum Gasteiger partial charge on any atom is 0.137 e. The van der Waals surface area contributed by atoms with Crippen molar-refractivity contribution >= 4 is 70.3 Å². The van der Waals surface area contributed by atoms with Crippen LogP contribution in [0.1, 0.15) is 0 Å². The molecule has 6 rings (SSSR count). The average Bonchev–Trinajstić information content (AvgIpc) is 3.66. The Hall–Kier alpha value is -3.50. The molecule has 0 amide bonds. The summed E-state index contributed by atoms with van der Waals surface area (Å²) >= 11 is 7.19. The van der Waals surface area contributed by atoms with Crippen LogP contribution in [0.4, 0.5) is 0 Å². The minimum Gasteiger partial charge on any atom is -0.192 e. The third-order valence-electron chi connectivity index (χ3n) is 6.37. The molecule has 1 saturated heterocycles. The molecule has 0 unspecified atom stereocenters. The topological polar surface area (TPSA) is 95.2 Å². The lowest BCUT2D eigenvalue weighted by atomic mass is 9.76. The van der Waals surface area contributed by atoms with Crippen LogP contribution in [0.5, 0.6) is 0 Å². The van der Waals surface area contributed by atoms with E-state index in [9.17, 15) is 21.0 Å². The molecule has 2 spiro atoms. The summed E-state index contributed by atoms with van der Waals surface area (Å²) in [6.07, 6.45) is 17.2. The number of nitrogens with zero attached hydrogens (tertiary/aromatic N) is 4. The normalized spacial score (nSPS) is 20.4. The molecular formula is C28H12N4S4. The Labute approximate surface area is 224 Å². The molecule has 0 radical (unpaired) electrons. The van der Waals surface area contributed by atoms with E-state index in [4.69, 9.17) is 0 Å². The van der Waals surface area contributed by atoms with Crippen LogP contribution in [0.25, 0.3) is 23.3 Å². The van der Waals surface area contributed by atoms with Crippen LogP contribution in [0.2, 0.25) is 0 Å². The molecule has 0 atom stereocenters. The van der Waals surface area contributed by atoms with Crippen LogP contribution in [0.15, 0.2) is 77.7 Å². The van der Waals surface area contributed by atoms with Crippen LogP contribution in [0.3, 0.4) is 0 Å². The molecule has 1 aromatic carbocycles. The monoisotopic (exact) mass is 532 g/mol. The Morgan fingerprint density at radius 1 is 0.583 bits per heavy atom. The van der Waals surface area contributed by atoms with E-state index in [0.717, 1.165) is 0 Å². The molecule has 36 heavy (non-hydrogen) atoms. The van der Waals surface area contributed by atoms with Crippen molar-refractivity contribution in [2.75, 3.05) is 0 Å². The fraction of sp³-hybridized carbons (Fsp3) is 0.0714. The standard InChI is InChI=1S/C28H12N4S4/c29-13-17(14-30)19-1-2-20(18(15-31)16-32)22-10-27(9-21(19)22)3-5-28(6-4-27)11-23-24(12-28)36-26(35-23)25-33-7-8-34-25/h1-12H. The lowest BCUT2D eigenvalue weighted by Gasteiger charge is -2.27. The number of hydrogen-bond donors (Lipinski definition) is 0. The van der Waals surface area contributed by atoms with Gasteiger partial charge in [-0.1, -0.05) is 108 Å². The quantitative estimate of drug-likeness (QED) is 0.461. The van der Waals surface area contributed by atoms with Gasteiger partial charge >= 0.3 is 0 Å². The van der Waals surface area contributed by atoms with Crippen molar-refractivity contribution in [3.8, 4) is 24.3 Å². The number of allylic oxidation sites excluding steroid dienone is 6. The van der Waals surface area contributed by atoms with Crippen molar-refractivity contribution in [2.24, 2.45) is 10.8 Å². The van der Waals surface area contributed by atoms with Gasteiger partial charge in [0.2, 0.25) is 0 Å². The van der Waals surface area contributed by atoms with Crippen molar-refractivity contribution in [3.63, 3.8) is 0 Å². The van der Waals surface area contributed by atoms with E-state index in [-0.39, 0.29) is 16.6 Å². The van der Waals surface area contributed by atoms with Gasteiger partial charge in [-0.3, -0.25) is 0 Å². The summed E-state index contributed by atoms with van der Waals surface area (Å²) in [7, 11) is 0. The van der Waals surface area contributed by atoms with E-state index in [1.807, 2.05) is 60.0 Å². The summed E-state index contributed by atoms with van der Waals surface area (Å²) in [6.45, 7) is 0. The lowest BCUT2D eigenvalue weighted by molar-refractivity contribution is 0.760. The first-order valence-electron chi connectivity index (χ1n) is 10.7.